The van der Waals surface area contributed by atoms with Crippen molar-refractivity contribution in [1.82, 2.24) is 5.32 Å². The molecule has 0 saturated carbocycles. The first-order valence-electron chi connectivity index (χ1n) is 7.19. The van der Waals surface area contributed by atoms with Gasteiger partial charge in [-0.2, -0.15) is 0 Å². The molecular formula is C16H29NO2. The molecule has 0 spiro atoms. The molecule has 0 fully saturated rings. The molecule has 0 aliphatic rings. The molecule has 0 amide bonds. The molecule has 1 heterocycles. The van der Waals surface area contributed by atoms with Gasteiger partial charge in [0.15, 0.2) is 0 Å². The fourth-order valence-electron chi connectivity index (χ4n) is 1.92. The van der Waals surface area contributed by atoms with E-state index in [-0.39, 0.29) is 11.6 Å². The minimum atomic E-state index is 0.125. The maximum Gasteiger partial charge on any atom is 0.129 e. The molecule has 0 aromatic carbocycles. The molecule has 0 radical (unpaired) electrons. The van der Waals surface area contributed by atoms with E-state index >= 15 is 0 Å². The fourth-order valence-corrected chi connectivity index (χ4v) is 1.92. The number of nitrogens with one attached hydrogen (secondary N) is 1. The summed E-state index contributed by atoms with van der Waals surface area (Å²) in [5.74, 6) is 1.57. The molecule has 1 N–H and O–H groups in total. The van der Waals surface area contributed by atoms with Crippen molar-refractivity contribution < 1.29 is 9.15 Å². The van der Waals surface area contributed by atoms with E-state index in [1.54, 1.807) is 0 Å². The lowest BCUT2D eigenvalue weighted by Gasteiger charge is -2.19. The third-order valence-corrected chi connectivity index (χ3v) is 2.84. The van der Waals surface area contributed by atoms with Gasteiger partial charge in [0.1, 0.15) is 12.4 Å². The highest BCUT2D eigenvalue weighted by Gasteiger charge is 2.11. The van der Waals surface area contributed by atoms with Crippen LogP contribution in [-0.4, -0.2) is 11.6 Å². The molecule has 1 aromatic rings. The van der Waals surface area contributed by atoms with Gasteiger partial charge in [-0.3, -0.25) is 0 Å². The van der Waals surface area contributed by atoms with E-state index in [0.717, 1.165) is 18.7 Å². The van der Waals surface area contributed by atoms with Gasteiger partial charge in [-0.05, 0) is 46.1 Å². The summed E-state index contributed by atoms with van der Waals surface area (Å²) in [4.78, 5) is 0. The highest BCUT2D eigenvalue weighted by atomic mass is 16.5. The molecule has 0 bridgehead atoms. The summed E-state index contributed by atoms with van der Waals surface area (Å²) in [5.41, 5.74) is 1.30. The Morgan fingerprint density at radius 2 is 1.95 bits per heavy atom. The average molecular weight is 267 g/mol. The molecule has 0 saturated heterocycles. The molecule has 1 atom stereocenters. The van der Waals surface area contributed by atoms with Gasteiger partial charge in [-0.15, -0.1) is 0 Å². The zero-order chi connectivity index (χ0) is 14.5. The largest absolute Gasteiger partial charge is 0.467 e. The van der Waals surface area contributed by atoms with Crippen LogP contribution in [0, 0.1) is 5.92 Å². The molecule has 1 rings (SSSR count). The van der Waals surface area contributed by atoms with Crippen molar-refractivity contribution in [2.75, 3.05) is 0 Å². The number of hydrogen-bond acceptors (Lipinski definition) is 3. The maximum absolute atomic E-state index is 5.78. The van der Waals surface area contributed by atoms with E-state index in [1.807, 2.05) is 6.26 Å². The number of furan rings is 1. The fraction of sp³-hybridized carbons (Fsp3) is 0.750. The normalized spacial score (nSPS) is 14.1. The Hall–Kier alpha value is -0.800. The highest BCUT2D eigenvalue weighted by molar-refractivity contribution is 5.12. The van der Waals surface area contributed by atoms with Crippen molar-refractivity contribution in [3.05, 3.63) is 23.7 Å². The topological polar surface area (TPSA) is 34.4 Å². The number of rotatable bonds is 7. The van der Waals surface area contributed by atoms with Gasteiger partial charge in [0, 0.05) is 17.6 Å². The van der Waals surface area contributed by atoms with Crippen molar-refractivity contribution in [2.24, 2.45) is 5.92 Å². The lowest BCUT2D eigenvalue weighted by Crippen LogP contribution is -2.34. The summed E-state index contributed by atoms with van der Waals surface area (Å²) in [7, 11) is 0. The third-order valence-electron chi connectivity index (χ3n) is 2.84. The zero-order valence-electron chi connectivity index (χ0n) is 13.2. The van der Waals surface area contributed by atoms with Crippen LogP contribution in [-0.2, 0) is 17.9 Å². The van der Waals surface area contributed by atoms with Crippen molar-refractivity contribution >= 4 is 0 Å². The molecule has 110 valence electrons. The minimum absolute atomic E-state index is 0.125. The van der Waals surface area contributed by atoms with Gasteiger partial charge in [-0.1, -0.05) is 13.8 Å². The van der Waals surface area contributed by atoms with Crippen LogP contribution in [0.4, 0.5) is 0 Å². The van der Waals surface area contributed by atoms with Crippen molar-refractivity contribution in [3.8, 4) is 0 Å². The predicted molar refractivity (Wildman–Crippen MR) is 79.0 cm³/mol. The van der Waals surface area contributed by atoms with Gasteiger partial charge < -0.3 is 14.5 Å². The van der Waals surface area contributed by atoms with Crippen LogP contribution >= 0.6 is 0 Å². The number of ether oxygens (including phenoxy) is 1. The minimum Gasteiger partial charge on any atom is -0.467 e. The Morgan fingerprint density at radius 3 is 2.53 bits per heavy atom. The second-order valence-electron chi connectivity index (χ2n) is 6.78. The number of hydrogen-bond donors (Lipinski definition) is 1. The molecule has 19 heavy (non-hydrogen) atoms. The van der Waals surface area contributed by atoms with Crippen LogP contribution in [0.25, 0.3) is 0 Å². The van der Waals surface area contributed by atoms with Gasteiger partial charge in [-0.25, -0.2) is 0 Å². The molecule has 0 aliphatic heterocycles. The third kappa shape index (κ3) is 7.38. The van der Waals surface area contributed by atoms with Crippen molar-refractivity contribution in [3.63, 3.8) is 0 Å². The Balaban J connectivity index is 2.34. The lowest BCUT2D eigenvalue weighted by molar-refractivity contribution is 0.0303. The summed E-state index contributed by atoms with van der Waals surface area (Å²) < 4.78 is 11.3. The zero-order valence-corrected chi connectivity index (χ0v) is 13.2. The molecule has 1 unspecified atom stereocenters. The Bertz CT molecular complexity index is 363. The molecular weight excluding hydrogens is 238 g/mol. The Morgan fingerprint density at radius 1 is 1.26 bits per heavy atom. The van der Waals surface area contributed by atoms with E-state index in [9.17, 15) is 0 Å². The average Bonchev–Trinajstić information content (AvgIpc) is 2.69. The van der Waals surface area contributed by atoms with Gasteiger partial charge >= 0.3 is 0 Å². The first-order valence-corrected chi connectivity index (χ1v) is 7.19. The smallest absolute Gasteiger partial charge is 0.129 e. The second-order valence-corrected chi connectivity index (χ2v) is 6.78. The van der Waals surface area contributed by atoms with Crippen LogP contribution < -0.4 is 5.32 Å². The quantitative estimate of drug-likeness (QED) is 0.807. The van der Waals surface area contributed by atoms with Gasteiger partial charge in [0.2, 0.25) is 0 Å². The van der Waals surface area contributed by atoms with Crippen LogP contribution in [0.1, 0.15) is 59.3 Å². The second kappa shape index (κ2) is 7.11. The molecule has 0 aliphatic carbocycles. The van der Waals surface area contributed by atoms with E-state index in [1.165, 1.54) is 5.56 Å². The van der Waals surface area contributed by atoms with Crippen LogP contribution in [0.15, 0.2) is 16.7 Å². The molecule has 3 nitrogen and oxygen atoms in total. The summed E-state index contributed by atoms with van der Waals surface area (Å²) in [6, 6.07) is 2.07. The lowest BCUT2D eigenvalue weighted by atomic mass is 10.1. The predicted octanol–water partition coefficient (Wildman–Crippen LogP) is 4.12. The Labute approximate surface area is 117 Å². The van der Waals surface area contributed by atoms with Crippen LogP contribution in [0.3, 0.4) is 0 Å². The van der Waals surface area contributed by atoms with E-state index in [2.05, 4.69) is 52.9 Å². The summed E-state index contributed by atoms with van der Waals surface area (Å²) >= 11 is 0. The summed E-state index contributed by atoms with van der Waals surface area (Å²) in [6.45, 7) is 14.4. The first kappa shape index (κ1) is 16.3. The van der Waals surface area contributed by atoms with Crippen LogP contribution in [0.5, 0.6) is 0 Å². The van der Waals surface area contributed by atoms with E-state index < -0.39 is 0 Å². The Kier molecular flexibility index (Phi) is 6.08. The monoisotopic (exact) mass is 267 g/mol. The molecule has 3 heteroatoms. The van der Waals surface area contributed by atoms with Crippen LogP contribution in [0.2, 0.25) is 0 Å². The summed E-state index contributed by atoms with van der Waals surface area (Å²) in [5, 5.41) is 3.44. The standard InChI is InChI=1S/C16H29NO2/c1-12(2)7-13(3)18-11-15-8-14(10-19-15)9-17-16(4,5)6/h8,10,12-13,17H,7,9,11H2,1-6H3. The van der Waals surface area contributed by atoms with E-state index in [4.69, 9.17) is 9.15 Å². The molecule has 1 aromatic heterocycles. The highest BCUT2D eigenvalue weighted by Crippen LogP contribution is 2.14. The first-order chi connectivity index (χ1) is 8.76. The van der Waals surface area contributed by atoms with Gasteiger partial charge in [0.25, 0.3) is 0 Å². The van der Waals surface area contributed by atoms with Crippen molar-refractivity contribution in [2.45, 2.75) is 72.8 Å². The van der Waals surface area contributed by atoms with Crippen molar-refractivity contribution in [1.29, 1.82) is 0 Å². The van der Waals surface area contributed by atoms with E-state index in [0.29, 0.717) is 12.5 Å². The maximum atomic E-state index is 5.78. The van der Waals surface area contributed by atoms with Gasteiger partial charge in [0.05, 0.1) is 12.4 Å². The SMILES string of the molecule is CC(C)CC(C)OCc1cc(CNC(C)(C)C)co1. The summed E-state index contributed by atoms with van der Waals surface area (Å²) in [6.07, 6.45) is 3.17.